The van der Waals surface area contributed by atoms with Crippen molar-refractivity contribution in [3.8, 4) is 0 Å². The van der Waals surface area contributed by atoms with Gasteiger partial charge in [-0.15, -0.1) is 0 Å². The lowest BCUT2D eigenvalue weighted by Crippen LogP contribution is -2.09. The lowest BCUT2D eigenvalue weighted by atomic mass is 10.2. The standard InChI is InChI=1S/C8H7N2O3/c9-8(13)10-6-3-1-5(2-4-6)7(11)12/h1-4,9H,(H,10,13)(H,11,12). The van der Waals surface area contributed by atoms with Crippen molar-refractivity contribution in [2.45, 2.75) is 0 Å². The quantitative estimate of drug-likeness (QED) is 0.714. The van der Waals surface area contributed by atoms with Crippen LogP contribution in [0.2, 0.25) is 0 Å². The molecular weight excluding hydrogens is 172 g/mol. The Bertz CT molecular complexity index is 332. The largest absolute Gasteiger partial charge is 0.478 e. The molecule has 1 aromatic carbocycles. The first kappa shape index (κ1) is 9.05. The monoisotopic (exact) mass is 179 g/mol. The molecule has 0 aromatic heterocycles. The van der Waals surface area contributed by atoms with E-state index in [2.05, 4.69) is 5.32 Å². The van der Waals surface area contributed by atoms with Gasteiger partial charge in [0.15, 0.2) is 0 Å². The third kappa shape index (κ3) is 2.48. The number of hydrogen-bond acceptors (Lipinski definition) is 2. The van der Waals surface area contributed by atoms with E-state index < -0.39 is 12.0 Å². The van der Waals surface area contributed by atoms with E-state index in [4.69, 9.17) is 10.8 Å². The Hall–Kier alpha value is -2.04. The zero-order chi connectivity index (χ0) is 9.84. The summed E-state index contributed by atoms with van der Waals surface area (Å²) in [5.41, 5.74) is 7.14. The van der Waals surface area contributed by atoms with Gasteiger partial charge in [-0.25, -0.2) is 15.3 Å². The number of hydrogen-bond donors (Lipinski definition) is 2. The maximum Gasteiger partial charge on any atom is 0.337 e. The zero-order valence-corrected chi connectivity index (χ0v) is 6.57. The van der Waals surface area contributed by atoms with Crippen LogP contribution in [0.4, 0.5) is 10.5 Å². The summed E-state index contributed by atoms with van der Waals surface area (Å²) in [6.45, 7) is 0. The maximum absolute atomic E-state index is 10.4. The van der Waals surface area contributed by atoms with E-state index in [1.165, 1.54) is 24.3 Å². The van der Waals surface area contributed by atoms with Gasteiger partial charge in [0, 0.05) is 5.69 Å². The van der Waals surface area contributed by atoms with Gasteiger partial charge in [-0.3, -0.25) is 0 Å². The maximum atomic E-state index is 10.4. The number of carbonyl (C=O) groups is 2. The van der Waals surface area contributed by atoms with Crippen molar-refractivity contribution in [1.82, 2.24) is 5.73 Å². The van der Waals surface area contributed by atoms with Gasteiger partial charge in [0.1, 0.15) is 0 Å². The molecule has 0 aliphatic rings. The lowest BCUT2D eigenvalue weighted by molar-refractivity contribution is 0.0697. The fourth-order valence-corrected chi connectivity index (χ4v) is 0.827. The lowest BCUT2D eigenvalue weighted by Gasteiger charge is -2.00. The number of aromatic carboxylic acids is 1. The number of amides is 2. The third-order valence-corrected chi connectivity index (χ3v) is 1.39. The number of anilines is 1. The predicted molar refractivity (Wildman–Crippen MR) is 45.5 cm³/mol. The Morgan fingerprint density at radius 2 is 1.77 bits per heavy atom. The fraction of sp³-hybridized carbons (Fsp3) is 0. The minimum atomic E-state index is -1.02. The molecule has 5 nitrogen and oxygen atoms in total. The zero-order valence-electron chi connectivity index (χ0n) is 6.57. The van der Waals surface area contributed by atoms with E-state index in [9.17, 15) is 9.59 Å². The molecule has 13 heavy (non-hydrogen) atoms. The van der Waals surface area contributed by atoms with E-state index in [0.717, 1.165) is 0 Å². The van der Waals surface area contributed by atoms with Gasteiger partial charge in [0.25, 0.3) is 0 Å². The molecule has 1 radical (unpaired) electrons. The van der Waals surface area contributed by atoms with Crippen molar-refractivity contribution in [2.75, 3.05) is 5.32 Å². The van der Waals surface area contributed by atoms with Gasteiger partial charge in [-0.1, -0.05) is 0 Å². The van der Waals surface area contributed by atoms with Crippen LogP contribution >= 0.6 is 0 Å². The van der Waals surface area contributed by atoms with Gasteiger partial charge in [-0.2, -0.15) is 0 Å². The normalized spacial score (nSPS) is 9.23. The molecule has 0 atom stereocenters. The molecule has 0 saturated carbocycles. The Kier molecular flexibility index (Phi) is 2.49. The summed E-state index contributed by atoms with van der Waals surface area (Å²) >= 11 is 0. The number of rotatable bonds is 2. The van der Waals surface area contributed by atoms with Crippen LogP contribution in [0, 0.1) is 0 Å². The Balaban J connectivity index is 2.81. The molecule has 0 saturated heterocycles. The summed E-state index contributed by atoms with van der Waals surface area (Å²) in [4.78, 5) is 20.7. The summed E-state index contributed by atoms with van der Waals surface area (Å²) in [6, 6.07) is 4.63. The van der Waals surface area contributed by atoms with Gasteiger partial charge in [-0.05, 0) is 24.3 Å². The molecule has 1 rings (SSSR count). The Morgan fingerprint density at radius 3 is 2.15 bits per heavy atom. The summed E-state index contributed by atoms with van der Waals surface area (Å²) in [6.07, 6.45) is 0. The predicted octanol–water partition coefficient (Wildman–Crippen LogP) is 1.20. The van der Waals surface area contributed by atoms with Crippen molar-refractivity contribution < 1.29 is 14.7 Å². The molecule has 3 N–H and O–H groups in total. The smallest absolute Gasteiger partial charge is 0.337 e. The van der Waals surface area contributed by atoms with Crippen molar-refractivity contribution in [3.63, 3.8) is 0 Å². The second-order valence-electron chi connectivity index (χ2n) is 2.34. The average molecular weight is 179 g/mol. The molecule has 0 aliphatic heterocycles. The SMILES string of the molecule is [NH]C(=O)Nc1ccc(C(=O)O)cc1. The second kappa shape index (κ2) is 3.57. The first-order valence-electron chi connectivity index (χ1n) is 3.45. The van der Waals surface area contributed by atoms with E-state index >= 15 is 0 Å². The summed E-state index contributed by atoms with van der Waals surface area (Å²) in [7, 11) is 0. The van der Waals surface area contributed by atoms with Crippen molar-refractivity contribution in [2.24, 2.45) is 0 Å². The summed E-state index contributed by atoms with van der Waals surface area (Å²) in [5.74, 6) is -1.02. The van der Waals surface area contributed by atoms with Crippen molar-refractivity contribution >= 4 is 17.7 Å². The third-order valence-electron chi connectivity index (χ3n) is 1.39. The number of carboxylic acid groups (broad SMARTS) is 1. The first-order valence-corrected chi connectivity index (χ1v) is 3.45. The topological polar surface area (TPSA) is 90.2 Å². The minimum absolute atomic E-state index is 0.142. The molecule has 0 spiro atoms. The van der Waals surface area contributed by atoms with Crippen LogP contribution in [0.1, 0.15) is 10.4 Å². The molecule has 2 amide bonds. The average Bonchev–Trinajstić information content (AvgIpc) is 2.04. The molecule has 0 bridgehead atoms. The number of nitrogens with one attached hydrogen (secondary N) is 2. The van der Waals surface area contributed by atoms with Gasteiger partial charge in [0.05, 0.1) is 5.56 Å². The highest BCUT2D eigenvalue weighted by molar-refractivity contribution is 5.90. The molecule has 0 unspecified atom stereocenters. The minimum Gasteiger partial charge on any atom is -0.478 e. The van der Waals surface area contributed by atoms with Gasteiger partial charge in [0.2, 0.25) is 0 Å². The van der Waals surface area contributed by atoms with E-state index in [1.807, 2.05) is 0 Å². The van der Waals surface area contributed by atoms with E-state index in [1.54, 1.807) is 0 Å². The van der Waals surface area contributed by atoms with Crippen molar-refractivity contribution in [3.05, 3.63) is 29.8 Å². The number of carbonyl (C=O) groups excluding carboxylic acids is 1. The molecular formula is C8H7N2O3. The van der Waals surface area contributed by atoms with Crippen LogP contribution in [-0.2, 0) is 0 Å². The van der Waals surface area contributed by atoms with Crippen LogP contribution in [-0.4, -0.2) is 17.1 Å². The highest BCUT2D eigenvalue weighted by Gasteiger charge is 2.01. The van der Waals surface area contributed by atoms with Crippen LogP contribution in [0.5, 0.6) is 0 Å². The Morgan fingerprint density at radius 1 is 1.23 bits per heavy atom. The van der Waals surface area contributed by atoms with Crippen LogP contribution in [0.15, 0.2) is 24.3 Å². The summed E-state index contributed by atoms with van der Waals surface area (Å²) in [5, 5.41) is 10.7. The second-order valence-corrected chi connectivity index (χ2v) is 2.34. The van der Waals surface area contributed by atoms with E-state index in [-0.39, 0.29) is 5.56 Å². The molecule has 0 fully saturated rings. The molecule has 0 heterocycles. The fourth-order valence-electron chi connectivity index (χ4n) is 0.827. The molecule has 5 heteroatoms. The van der Waals surface area contributed by atoms with Gasteiger partial charge >= 0.3 is 12.0 Å². The number of benzene rings is 1. The highest BCUT2D eigenvalue weighted by Crippen LogP contribution is 2.08. The van der Waals surface area contributed by atoms with Crippen LogP contribution < -0.4 is 11.1 Å². The number of urea groups is 1. The molecule has 1 aromatic rings. The number of carboxylic acids is 1. The first-order chi connectivity index (χ1) is 6.09. The highest BCUT2D eigenvalue weighted by atomic mass is 16.4. The van der Waals surface area contributed by atoms with Gasteiger partial charge < -0.3 is 10.4 Å². The van der Waals surface area contributed by atoms with Crippen LogP contribution in [0.25, 0.3) is 0 Å². The summed E-state index contributed by atoms with van der Waals surface area (Å²) < 4.78 is 0. The van der Waals surface area contributed by atoms with Crippen molar-refractivity contribution in [1.29, 1.82) is 0 Å². The Labute approximate surface area is 74.2 Å². The van der Waals surface area contributed by atoms with E-state index in [0.29, 0.717) is 5.69 Å². The molecule has 0 aliphatic carbocycles. The molecule has 67 valence electrons. The van der Waals surface area contributed by atoms with Crippen LogP contribution in [0.3, 0.4) is 0 Å².